The van der Waals surface area contributed by atoms with E-state index in [0.29, 0.717) is 23.6 Å². The molecule has 0 aliphatic carbocycles. The predicted octanol–water partition coefficient (Wildman–Crippen LogP) is 1.79. The normalized spacial score (nSPS) is 11.4. The highest BCUT2D eigenvalue weighted by molar-refractivity contribution is 7.88. The Bertz CT molecular complexity index is 645. The Labute approximate surface area is 123 Å². The Morgan fingerprint density at radius 2 is 1.90 bits per heavy atom. The van der Waals surface area contributed by atoms with Crippen LogP contribution in [-0.2, 0) is 22.2 Å². The molecule has 20 heavy (non-hydrogen) atoms. The Kier molecular flexibility index (Phi) is 5.05. The highest BCUT2D eigenvalue weighted by atomic mass is 35.5. The van der Waals surface area contributed by atoms with Crippen LogP contribution in [0.15, 0.2) is 42.9 Å². The predicted molar refractivity (Wildman–Crippen MR) is 77.8 cm³/mol. The number of aromatic nitrogens is 2. The maximum atomic E-state index is 11.9. The van der Waals surface area contributed by atoms with Gasteiger partial charge in [-0.05, 0) is 17.7 Å². The zero-order chi connectivity index (χ0) is 14.4. The molecule has 1 aromatic carbocycles. The van der Waals surface area contributed by atoms with Gasteiger partial charge in [0.15, 0.2) is 0 Å². The molecule has 0 spiro atoms. The van der Waals surface area contributed by atoms with E-state index in [4.69, 9.17) is 11.6 Å². The van der Waals surface area contributed by atoms with Crippen LogP contribution in [0.1, 0.15) is 11.3 Å². The summed E-state index contributed by atoms with van der Waals surface area (Å²) in [7, 11) is -3.36. The van der Waals surface area contributed by atoms with Crippen LogP contribution in [-0.4, -0.2) is 24.9 Å². The summed E-state index contributed by atoms with van der Waals surface area (Å²) in [4.78, 5) is 8.00. The molecule has 2 aromatic rings. The fourth-order valence-electron chi connectivity index (χ4n) is 1.64. The second-order valence-corrected chi connectivity index (χ2v) is 6.47. The van der Waals surface area contributed by atoms with Crippen molar-refractivity contribution in [3.8, 4) is 0 Å². The van der Waals surface area contributed by atoms with Crippen molar-refractivity contribution in [2.45, 2.75) is 12.2 Å². The largest absolute Gasteiger partial charge is 0.261 e. The van der Waals surface area contributed by atoms with Crippen LogP contribution in [0.2, 0.25) is 5.02 Å². The van der Waals surface area contributed by atoms with E-state index < -0.39 is 10.0 Å². The summed E-state index contributed by atoms with van der Waals surface area (Å²) in [6.45, 7) is 0.300. The Morgan fingerprint density at radius 3 is 2.55 bits per heavy atom. The van der Waals surface area contributed by atoms with Crippen LogP contribution in [0.25, 0.3) is 0 Å². The van der Waals surface area contributed by atoms with Crippen LogP contribution in [0.4, 0.5) is 0 Å². The van der Waals surface area contributed by atoms with Gasteiger partial charge >= 0.3 is 0 Å². The molecule has 0 fully saturated rings. The van der Waals surface area contributed by atoms with Crippen LogP contribution in [0.5, 0.6) is 0 Å². The van der Waals surface area contributed by atoms with Crippen LogP contribution in [0, 0.1) is 0 Å². The summed E-state index contributed by atoms with van der Waals surface area (Å²) in [6.07, 6.45) is 5.28. The molecule has 1 aromatic heterocycles. The Balaban J connectivity index is 1.86. The van der Waals surface area contributed by atoms with Gasteiger partial charge in [-0.25, -0.2) is 13.1 Å². The topological polar surface area (TPSA) is 72.0 Å². The molecule has 7 heteroatoms. The molecule has 106 valence electrons. The highest BCUT2D eigenvalue weighted by Gasteiger charge is 2.11. The first-order chi connectivity index (χ1) is 9.55. The van der Waals surface area contributed by atoms with E-state index in [2.05, 4.69) is 14.7 Å². The molecule has 1 N–H and O–H groups in total. The minimum atomic E-state index is -3.36. The third kappa shape index (κ3) is 4.88. The van der Waals surface area contributed by atoms with Gasteiger partial charge in [0.1, 0.15) is 0 Å². The van der Waals surface area contributed by atoms with E-state index >= 15 is 0 Å². The van der Waals surface area contributed by atoms with Crippen molar-refractivity contribution in [2.75, 3.05) is 6.54 Å². The van der Waals surface area contributed by atoms with Crippen LogP contribution < -0.4 is 4.72 Å². The number of hydrogen-bond donors (Lipinski definition) is 1. The summed E-state index contributed by atoms with van der Waals surface area (Å²) in [5.74, 6) is -0.0648. The van der Waals surface area contributed by atoms with Gasteiger partial charge in [-0.15, -0.1) is 0 Å². The summed E-state index contributed by atoms with van der Waals surface area (Å²) in [5.41, 5.74) is 1.45. The standard InChI is InChI=1S/C13H14ClN3O2S/c14-12-3-1-11(2-4-12)10-20(18,19)17-6-5-13-9-15-7-8-16-13/h1-4,7-9,17H,5-6,10H2. The maximum Gasteiger partial charge on any atom is 0.215 e. The van der Waals surface area contributed by atoms with Gasteiger partial charge in [-0.2, -0.15) is 0 Å². The molecule has 0 saturated carbocycles. The van der Waals surface area contributed by atoms with Crippen LogP contribution in [0.3, 0.4) is 0 Å². The molecule has 0 amide bonds. The third-order valence-corrected chi connectivity index (χ3v) is 4.20. The molecule has 1 heterocycles. The number of nitrogens with zero attached hydrogens (tertiary/aromatic N) is 2. The fourth-order valence-corrected chi connectivity index (χ4v) is 2.92. The molecular formula is C13H14ClN3O2S. The Morgan fingerprint density at radius 1 is 1.15 bits per heavy atom. The summed E-state index contributed by atoms with van der Waals surface area (Å²) < 4.78 is 26.3. The molecule has 0 bridgehead atoms. The quantitative estimate of drug-likeness (QED) is 0.883. The van der Waals surface area contributed by atoms with Crippen molar-refractivity contribution in [3.05, 3.63) is 59.1 Å². The second-order valence-electron chi connectivity index (χ2n) is 4.23. The first-order valence-corrected chi connectivity index (χ1v) is 8.05. The van der Waals surface area contributed by atoms with Gasteiger partial charge in [0.2, 0.25) is 10.0 Å². The lowest BCUT2D eigenvalue weighted by atomic mass is 10.2. The number of nitrogens with one attached hydrogen (secondary N) is 1. The lowest BCUT2D eigenvalue weighted by molar-refractivity contribution is 0.580. The minimum absolute atomic E-state index is 0.0648. The average Bonchev–Trinajstić information content (AvgIpc) is 2.42. The first-order valence-electron chi connectivity index (χ1n) is 6.02. The van der Waals surface area contributed by atoms with Crippen molar-refractivity contribution >= 4 is 21.6 Å². The first kappa shape index (κ1) is 14.9. The van der Waals surface area contributed by atoms with Gasteiger partial charge in [0.25, 0.3) is 0 Å². The monoisotopic (exact) mass is 311 g/mol. The molecule has 2 rings (SSSR count). The van der Waals surface area contributed by atoms with E-state index in [9.17, 15) is 8.42 Å². The molecule has 0 unspecified atom stereocenters. The zero-order valence-corrected chi connectivity index (χ0v) is 12.2. The van der Waals surface area contributed by atoms with E-state index in [1.807, 2.05) is 0 Å². The van der Waals surface area contributed by atoms with Gasteiger partial charge in [0, 0.05) is 36.6 Å². The van der Waals surface area contributed by atoms with Crippen LogP contribution >= 0.6 is 11.6 Å². The minimum Gasteiger partial charge on any atom is -0.261 e. The summed E-state index contributed by atoms with van der Waals surface area (Å²) in [6, 6.07) is 6.74. The van der Waals surface area contributed by atoms with E-state index in [0.717, 1.165) is 5.69 Å². The SMILES string of the molecule is O=S(=O)(Cc1ccc(Cl)cc1)NCCc1cnccn1. The zero-order valence-electron chi connectivity index (χ0n) is 10.7. The molecular weight excluding hydrogens is 298 g/mol. The highest BCUT2D eigenvalue weighted by Crippen LogP contribution is 2.11. The van der Waals surface area contributed by atoms with Gasteiger partial charge in [0.05, 0.1) is 11.4 Å². The number of rotatable bonds is 6. The number of benzene rings is 1. The van der Waals surface area contributed by atoms with Crippen molar-refractivity contribution < 1.29 is 8.42 Å². The second kappa shape index (κ2) is 6.78. The number of hydrogen-bond acceptors (Lipinski definition) is 4. The van der Waals surface area contributed by atoms with E-state index in [1.54, 1.807) is 42.9 Å². The molecule has 0 aliphatic heterocycles. The molecule has 5 nitrogen and oxygen atoms in total. The molecule has 0 aliphatic rings. The maximum absolute atomic E-state index is 11.9. The molecule has 0 saturated heterocycles. The average molecular weight is 312 g/mol. The van der Waals surface area contributed by atoms with Gasteiger partial charge < -0.3 is 0 Å². The lowest BCUT2D eigenvalue weighted by Gasteiger charge is -2.06. The van der Waals surface area contributed by atoms with E-state index in [-0.39, 0.29) is 5.75 Å². The van der Waals surface area contributed by atoms with Gasteiger partial charge in [-0.3, -0.25) is 9.97 Å². The third-order valence-electron chi connectivity index (χ3n) is 2.59. The van der Waals surface area contributed by atoms with Gasteiger partial charge in [-0.1, -0.05) is 23.7 Å². The lowest BCUT2D eigenvalue weighted by Crippen LogP contribution is -2.27. The van der Waals surface area contributed by atoms with Crippen molar-refractivity contribution in [1.82, 2.24) is 14.7 Å². The van der Waals surface area contributed by atoms with E-state index in [1.165, 1.54) is 0 Å². The smallest absolute Gasteiger partial charge is 0.215 e. The number of halogens is 1. The Hall–Kier alpha value is -1.50. The fraction of sp³-hybridized carbons (Fsp3) is 0.231. The molecule has 0 atom stereocenters. The molecule has 0 radical (unpaired) electrons. The van der Waals surface area contributed by atoms with Crippen molar-refractivity contribution in [3.63, 3.8) is 0 Å². The summed E-state index contributed by atoms with van der Waals surface area (Å²) >= 11 is 5.76. The van der Waals surface area contributed by atoms with Crippen molar-refractivity contribution in [2.24, 2.45) is 0 Å². The van der Waals surface area contributed by atoms with Crippen molar-refractivity contribution in [1.29, 1.82) is 0 Å². The number of sulfonamides is 1. The summed E-state index contributed by atoms with van der Waals surface area (Å²) in [5, 5.41) is 0.585.